The Kier molecular flexibility index (Phi) is 5.26. The van der Waals surface area contributed by atoms with Crippen LogP contribution in [0.1, 0.15) is 33.3 Å². The molecular weight excluding hydrogens is 488 g/mol. The van der Waals surface area contributed by atoms with Gasteiger partial charge in [0.2, 0.25) is 0 Å². The van der Waals surface area contributed by atoms with Gasteiger partial charge in [-0.05, 0) is 74.2 Å². The highest BCUT2D eigenvalue weighted by Gasteiger charge is 2.41. The van der Waals surface area contributed by atoms with Crippen LogP contribution in [0, 0.1) is 20.8 Å². The SMILES string of the molecule is Cc1ccc(-n2nc(C)c3c2N=C2C(Nc4cccc(C)c4)=Nc4ccccc4N2[C@H]3c2cccs2)cc1. The zero-order valence-electron chi connectivity index (χ0n) is 21.4. The van der Waals surface area contributed by atoms with Gasteiger partial charge < -0.3 is 10.2 Å². The summed E-state index contributed by atoms with van der Waals surface area (Å²) in [6.45, 7) is 6.27. The third kappa shape index (κ3) is 3.66. The van der Waals surface area contributed by atoms with Crippen LogP contribution >= 0.6 is 11.3 Å². The normalized spacial score (nSPS) is 15.8. The molecule has 0 saturated heterocycles. The van der Waals surface area contributed by atoms with Crippen LogP contribution in [-0.2, 0) is 0 Å². The lowest BCUT2D eigenvalue weighted by atomic mass is 9.98. The molecule has 4 heterocycles. The second-order valence-electron chi connectivity index (χ2n) is 9.74. The number of hydrogen-bond acceptors (Lipinski definition) is 6. The van der Waals surface area contributed by atoms with Crippen molar-refractivity contribution in [3.63, 3.8) is 0 Å². The molecule has 2 aliphatic heterocycles. The molecule has 6 nitrogen and oxygen atoms in total. The van der Waals surface area contributed by atoms with E-state index in [1.54, 1.807) is 11.3 Å². The fourth-order valence-electron chi connectivity index (χ4n) is 5.24. The zero-order valence-corrected chi connectivity index (χ0v) is 22.2. The molecule has 0 fully saturated rings. The van der Waals surface area contributed by atoms with Crippen LogP contribution in [0.15, 0.2) is 100 Å². The van der Waals surface area contributed by atoms with E-state index in [1.807, 2.05) is 10.7 Å². The number of amidine groups is 2. The average molecular weight is 515 g/mol. The molecule has 2 aliphatic rings. The number of anilines is 2. The number of thiophene rings is 1. The maximum atomic E-state index is 5.30. The first-order chi connectivity index (χ1) is 18.6. The molecular formula is C31H26N6S. The van der Waals surface area contributed by atoms with Crippen molar-refractivity contribution in [3.8, 4) is 5.69 Å². The Hall–Kier alpha value is -4.49. The van der Waals surface area contributed by atoms with Gasteiger partial charge in [-0.3, -0.25) is 0 Å². The molecule has 5 aromatic rings. The van der Waals surface area contributed by atoms with Crippen LogP contribution in [0.4, 0.5) is 22.9 Å². The first-order valence-electron chi connectivity index (χ1n) is 12.7. The maximum Gasteiger partial charge on any atom is 0.179 e. The topological polar surface area (TPSA) is 57.8 Å². The van der Waals surface area contributed by atoms with Gasteiger partial charge in [-0.2, -0.15) is 5.10 Å². The lowest BCUT2D eigenvalue weighted by Crippen LogP contribution is -2.46. The number of fused-ring (bicyclic) bond motifs is 4. The zero-order chi connectivity index (χ0) is 25.8. The number of nitrogens with one attached hydrogen (secondary N) is 1. The Labute approximate surface area is 225 Å². The molecule has 1 N–H and O–H groups in total. The van der Waals surface area contributed by atoms with Gasteiger partial charge in [-0.1, -0.05) is 48.0 Å². The summed E-state index contributed by atoms with van der Waals surface area (Å²) in [7, 11) is 0. The van der Waals surface area contributed by atoms with Gasteiger partial charge in [0.25, 0.3) is 0 Å². The van der Waals surface area contributed by atoms with E-state index in [0.717, 1.165) is 51.5 Å². The van der Waals surface area contributed by atoms with Crippen LogP contribution in [0.2, 0.25) is 0 Å². The van der Waals surface area contributed by atoms with Crippen molar-refractivity contribution >= 4 is 45.9 Å². The maximum absolute atomic E-state index is 5.30. The van der Waals surface area contributed by atoms with Gasteiger partial charge in [-0.25, -0.2) is 14.7 Å². The number of para-hydroxylation sites is 2. The van der Waals surface area contributed by atoms with E-state index in [2.05, 4.69) is 115 Å². The van der Waals surface area contributed by atoms with Crippen molar-refractivity contribution in [1.82, 2.24) is 9.78 Å². The predicted molar refractivity (Wildman–Crippen MR) is 157 cm³/mol. The number of aryl methyl sites for hydroxylation is 3. The van der Waals surface area contributed by atoms with E-state index >= 15 is 0 Å². The highest BCUT2D eigenvalue weighted by Crippen LogP contribution is 2.49. The summed E-state index contributed by atoms with van der Waals surface area (Å²) in [6, 6.07) is 29.3. The fourth-order valence-corrected chi connectivity index (χ4v) is 6.06. The van der Waals surface area contributed by atoms with Crippen LogP contribution in [0.25, 0.3) is 5.69 Å². The van der Waals surface area contributed by atoms with E-state index in [4.69, 9.17) is 15.1 Å². The van der Waals surface area contributed by atoms with Crippen molar-refractivity contribution in [2.45, 2.75) is 26.8 Å². The lowest BCUT2D eigenvalue weighted by molar-refractivity contribution is 0.830. The van der Waals surface area contributed by atoms with Crippen molar-refractivity contribution in [2.24, 2.45) is 9.98 Å². The van der Waals surface area contributed by atoms with Gasteiger partial charge in [-0.15, -0.1) is 11.3 Å². The summed E-state index contributed by atoms with van der Waals surface area (Å²) in [4.78, 5) is 13.9. The average Bonchev–Trinajstić information content (AvgIpc) is 3.57. The second kappa shape index (κ2) is 8.82. The van der Waals surface area contributed by atoms with Gasteiger partial charge >= 0.3 is 0 Å². The van der Waals surface area contributed by atoms with Crippen LogP contribution in [0.3, 0.4) is 0 Å². The quantitative estimate of drug-likeness (QED) is 0.269. The third-order valence-electron chi connectivity index (χ3n) is 7.01. The van der Waals surface area contributed by atoms with Crippen LogP contribution in [-0.4, -0.2) is 21.5 Å². The van der Waals surface area contributed by atoms with Crippen molar-refractivity contribution in [1.29, 1.82) is 0 Å². The number of benzene rings is 3. The summed E-state index contributed by atoms with van der Waals surface area (Å²) >= 11 is 1.75. The molecule has 7 heteroatoms. The standard InChI is InChI=1S/C31H26N6S/c1-19-13-15-23(16-14-19)37-30-27(21(3)35-37)28(26-12-7-17-38-26)36-25-11-5-4-10-24(25)33-29(31(36)34-30)32-22-9-6-8-20(2)18-22/h4-18,28H,1-3H3,(H,32,33)/t28-/m0/s1. The number of aromatic nitrogens is 2. The summed E-state index contributed by atoms with van der Waals surface area (Å²) < 4.78 is 1.97. The lowest BCUT2D eigenvalue weighted by Gasteiger charge is -2.40. The molecule has 2 aromatic heterocycles. The van der Waals surface area contributed by atoms with Gasteiger partial charge in [0, 0.05) is 16.1 Å². The molecule has 0 bridgehead atoms. The van der Waals surface area contributed by atoms with E-state index in [0.29, 0.717) is 0 Å². The highest BCUT2D eigenvalue weighted by atomic mass is 32.1. The molecule has 7 rings (SSSR count). The molecule has 3 aromatic carbocycles. The summed E-state index contributed by atoms with van der Waals surface area (Å²) in [5, 5.41) is 10.7. The van der Waals surface area contributed by atoms with Gasteiger partial charge in [0.15, 0.2) is 17.5 Å². The molecule has 0 radical (unpaired) electrons. The molecule has 0 unspecified atom stereocenters. The minimum atomic E-state index is -0.0809. The highest BCUT2D eigenvalue weighted by molar-refractivity contribution is 7.10. The summed E-state index contributed by atoms with van der Waals surface area (Å²) in [6.07, 6.45) is 0. The van der Waals surface area contributed by atoms with Gasteiger partial charge in [0.05, 0.1) is 22.8 Å². The van der Waals surface area contributed by atoms with Crippen molar-refractivity contribution in [2.75, 3.05) is 10.2 Å². The molecule has 1 atom stereocenters. The predicted octanol–water partition coefficient (Wildman–Crippen LogP) is 7.65. The third-order valence-corrected chi connectivity index (χ3v) is 7.94. The Balaban J connectivity index is 1.49. The Morgan fingerprint density at radius 1 is 0.816 bits per heavy atom. The van der Waals surface area contributed by atoms with Crippen molar-refractivity contribution < 1.29 is 0 Å². The number of rotatable bonds is 3. The largest absolute Gasteiger partial charge is 0.337 e. The molecule has 0 aliphatic carbocycles. The van der Waals surface area contributed by atoms with Crippen molar-refractivity contribution in [3.05, 3.63) is 118 Å². The van der Waals surface area contributed by atoms with Crippen LogP contribution in [0.5, 0.6) is 0 Å². The number of nitrogens with zero attached hydrogens (tertiary/aromatic N) is 5. The first kappa shape index (κ1) is 22.7. The molecule has 0 amide bonds. The minimum absolute atomic E-state index is 0.0809. The summed E-state index contributed by atoms with van der Waals surface area (Å²) in [5.41, 5.74) is 8.39. The smallest absolute Gasteiger partial charge is 0.179 e. The van der Waals surface area contributed by atoms with Crippen LogP contribution < -0.4 is 10.2 Å². The Morgan fingerprint density at radius 2 is 1.66 bits per heavy atom. The monoisotopic (exact) mass is 514 g/mol. The second-order valence-corrected chi connectivity index (χ2v) is 10.7. The molecule has 0 spiro atoms. The van der Waals surface area contributed by atoms with E-state index in [1.165, 1.54) is 16.0 Å². The molecule has 0 saturated carbocycles. The van der Waals surface area contributed by atoms with E-state index in [-0.39, 0.29) is 6.04 Å². The van der Waals surface area contributed by atoms with Gasteiger partial charge in [0.1, 0.15) is 6.04 Å². The number of hydrogen-bond donors (Lipinski definition) is 1. The molecule has 38 heavy (non-hydrogen) atoms. The van der Waals surface area contributed by atoms with E-state index in [9.17, 15) is 0 Å². The first-order valence-corrected chi connectivity index (χ1v) is 13.5. The Morgan fingerprint density at radius 3 is 2.45 bits per heavy atom. The fraction of sp³-hybridized carbons (Fsp3) is 0.129. The van der Waals surface area contributed by atoms with E-state index < -0.39 is 0 Å². The Bertz CT molecular complexity index is 1730. The molecule has 186 valence electrons. The summed E-state index contributed by atoms with van der Waals surface area (Å²) in [5.74, 6) is 2.34. The number of aliphatic imine (C=N–C) groups is 2. The minimum Gasteiger partial charge on any atom is -0.337 e.